The summed E-state index contributed by atoms with van der Waals surface area (Å²) in [5, 5.41) is 6.11. The smallest absolute Gasteiger partial charge is 0.438 e. The first-order valence-electron chi connectivity index (χ1n) is 6.03. The van der Waals surface area contributed by atoms with Gasteiger partial charge >= 0.3 is 5.76 Å². The molecule has 2 rings (SSSR count). The molecule has 1 amide bonds. The summed E-state index contributed by atoms with van der Waals surface area (Å²) >= 11 is 0. The molecule has 0 fully saturated rings. The van der Waals surface area contributed by atoms with Gasteiger partial charge in [0, 0.05) is 0 Å². The van der Waals surface area contributed by atoms with Crippen molar-refractivity contribution >= 4 is 5.91 Å². The lowest BCUT2D eigenvalue weighted by Gasteiger charge is -2.08. The first kappa shape index (κ1) is 13.9. The van der Waals surface area contributed by atoms with Gasteiger partial charge in [-0.2, -0.15) is 0 Å². The van der Waals surface area contributed by atoms with Crippen LogP contribution in [0.3, 0.4) is 0 Å². The number of aromatic amines is 1. The molecule has 0 aliphatic carbocycles. The number of methoxy groups -OCH3 is 1. The van der Waals surface area contributed by atoms with Gasteiger partial charge in [0.2, 0.25) is 5.91 Å². The Morgan fingerprint density at radius 2 is 2.30 bits per heavy atom. The number of aryl methyl sites for hydroxylation is 1. The van der Waals surface area contributed by atoms with Crippen LogP contribution in [0.4, 0.5) is 0 Å². The van der Waals surface area contributed by atoms with E-state index in [4.69, 9.17) is 4.74 Å². The van der Waals surface area contributed by atoms with Crippen LogP contribution in [0.25, 0.3) is 0 Å². The summed E-state index contributed by atoms with van der Waals surface area (Å²) in [7, 11) is 1.60. The molecule has 0 radical (unpaired) electrons. The minimum atomic E-state index is -0.639. The zero-order valence-corrected chi connectivity index (χ0v) is 11.2. The van der Waals surface area contributed by atoms with E-state index in [9.17, 15) is 9.59 Å². The Bertz CT molecular complexity index is 660. The van der Waals surface area contributed by atoms with Gasteiger partial charge in [-0.3, -0.25) is 14.3 Å². The second-order valence-corrected chi connectivity index (χ2v) is 4.29. The molecule has 0 spiro atoms. The topological polar surface area (TPSA) is 97.2 Å². The number of nitrogens with one attached hydrogen (secondary N) is 2. The van der Waals surface area contributed by atoms with E-state index in [1.54, 1.807) is 7.11 Å². The van der Waals surface area contributed by atoms with Gasteiger partial charge in [0.1, 0.15) is 5.75 Å². The average molecular weight is 277 g/mol. The maximum Gasteiger partial charge on any atom is 0.438 e. The summed E-state index contributed by atoms with van der Waals surface area (Å²) in [6.45, 7) is 2.04. The molecular formula is C13H15N3O4. The number of benzene rings is 1. The molecule has 1 heterocycles. The lowest BCUT2D eigenvalue weighted by Crippen LogP contribution is -2.25. The summed E-state index contributed by atoms with van der Waals surface area (Å²) in [5.74, 6) is 0.240. The highest BCUT2D eigenvalue weighted by Gasteiger charge is 2.08. The van der Waals surface area contributed by atoms with Crippen molar-refractivity contribution in [2.24, 2.45) is 0 Å². The molecular weight excluding hydrogens is 262 g/mol. The summed E-state index contributed by atoms with van der Waals surface area (Å²) in [4.78, 5) is 24.9. The number of rotatable bonds is 5. The molecule has 1 aromatic carbocycles. The standard InChI is InChI=1S/C13H15N3O4/c1-8-5-10(19-2)4-3-9(8)6-12(17)14-7-11-15-13(18)20-16-11/h3-5H,6-7H2,1-2H3,(H,14,17)(H,15,16,18). The summed E-state index contributed by atoms with van der Waals surface area (Å²) in [6.07, 6.45) is 0.248. The molecule has 0 saturated carbocycles. The number of amides is 1. The number of H-pyrrole nitrogens is 1. The molecule has 2 N–H and O–H groups in total. The zero-order valence-electron chi connectivity index (χ0n) is 11.2. The van der Waals surface area contributed by atoms with Crippen molar-refractivity contribution in [3.05, 3.63) is 45.7 Å². The lowest BCUT2D eigenvalue weighted by atomic mass is 10.1. The van der Waals surface area contributed by atoms with Gasteiger partial charge in [-0.05, 0) is 30.2 Å². The van der Waals surface area contributed by atoms with Gasteiger partial charge in [-0.15, -0.1) is 0 Å². The van der Waals surface area contributed by atoms with Gasteiger partial charge in [0.15, 0.2) is 5.82 Å². The van der Waals surface area contributed by atoms with E-state index in [-0.39, 0.29) is 24.7 Å². The van der Waals surface area contributed by atoms with E-state index in [0.29, 0.717) is 0 Å². The molecule has 7 heteroatoms. The molecule has 0 bridgehead atoms. The Balaban J connectivity index is 1.92. The fourth-order valence-corrected chi connectivity index (χ4v) is 1.75. The van der Waals surface area contributed by atoms with E-state index >= 15 is 0 Å². The number of aromatic nitrogens is 2. The van der Waals surface area contributed by atoms with Crippen LogP contribution in [0.15, 0.2) is 27.5 Å². The summed E-state index contributed by atoms with van der Waals surface area (Å²) < 4.78 is 9.44. The molecule has 0 aliphatic heterocycles. The van der Waals surface area contributed by atoms with E-state index in [0.717, 1.165) is 16.9 Å². The van der Waals surface area contributed by atoms with Crippen LogP contribution >= 0.6 is 0 Å². The second-order valence-electron chi connectivity index (χ2n) is 4.29. The number of hydrogen-bond acceptors (Lipinski definition) is 5. The Kier molecular flexibility index (Phi) is 4.19. The fraction of sp³-hybridized carbons (Fsp3) is 0.308. The van der Waals surface area contributed by atoms with Crippen LogP contribution in [-0.2, 0) is 17.8 Å². The molecule has 1 aromatic heterocycles. The highest BCUT2D eigenvalue weighted by atomic mass is 16.5. The van der Waals surface area contributed by atoms with Crippen LogP contribution in [0, 0.1) is 6.92 Å². The lowest BCUT2D eigenvalue weighted by molar-refractivity contribution is -0.120. The van der Waals surface area contributed by atoms with Crippen LogP contribution < -0.4 is 15.8 Å². The molecule has 2 aromatic rings. The monoisotopic (exact) mass is 277 g/mol. The Morgan fingerprint density at radius 1 is 1.50 bits per heavy atom. The van der Waals surface area contributed by atoms with Gasteiger partial charge in [-0.25, -0.2) is 4.79 Å². The third-order valence-electron chi connectivity index (χ3n) is 2.84. The maximum absolute atomic E-state index is 11.8. The normalized spacial score (nSPS) is 10.3. The average Bonchev–Trinajstić information content (AvgIpc) is 2.84. The molecule has 20 heavy (non-hydrogen) atoms. The summed E-state index contributed by atoms with van der Waals surface area (Å²) in [5.41, 5.74) is 1.89. The maximum atomic E-state index is 11.8. The number of ether oxygens (including phenoxy) is 1. The number of hydrogen-bond donors (Lipinski definition) is 2. The van der Waals surface area contributed by atoms with Crippen LogP contribution in [-0.4, -0.2) is 23.2 Å². The van der Waals surface area contributed by atoms with E-state index in [1.807, 2.05) is 25.1 Å². The zero-order chi connectivity index (χ0) is 14.5. The summed E-state index contributed by atoms with van der Waals surface area (Å²) in [6, 6.07) is 5.54. The van der Waals surface area contributed by atoms with Crippen LogP contribution in [0.2, 0.25) is 0 Å². The van der Waals surface area contributed by atoms with Gasteiger partial charge in [0.25, 0.3) is 0 Å². The third-order valence-corrected chi connectivity index (χ3v) is 2.84. The SMILES string of the molecule is COc1ccc(CC(=O)NCc2noc(=O)[nH]2)c(C)c1. The highest BCUT2D eigenvalue weighted by Crippen LogP contribution is 2.17. The molecule has 7 nitrogen and oxygen atoms in total. The van der Waals surface area contributed by atoms with Crippen molar-refractivity contribution in [3.8, 4) is 5.75 Å². The van der Waals surface area contributed by atoms with Gasteiger partial charge in [0.05, 0.1) is 20.1 Å². The van der Waals surface area contributed by atoms with Crippen molar-refractivity contribution in [1.82, 2.24) is 15.5 Å². The molecule has 0 unspecified atom stereocenters. The van der Waals surface area contributed by atoms with Gasteiger partial charge in [-0.1, -0.05) is 11.2 Å². The minimum absolute atomic E-state index is 0.125. The Morgan fingerprint density at radius 3 is 2.90 bits per heavy atom. The largest absolute Gasteiger partial charge is 0.497 e. The van der Waals surface area contributed by atoms with Crippen molar-refractivity contribution in [2.75, 3.05) is 7.11 Å². The Hall–Kier alpha value is -2.57. The van der Waals surface area contributed by atoms with Crippen LogP contribution in [0.5, 0.6) is 5.75 Å². The first-order chi connectivity index (χ1) is 9.58. The fourth-order valence-electron chi connectivity index (χ4n) is 1.75. The third kappa shape index (κ3) is 3.47. The van der Waals surface area contributed by atoms with Crippen molar-refractivity contribution in [1.29, 1.82) is 0 Å². The predicted molar refractivity (Wildman–Crippen MR) is 70.4 cm³/mol. The Labute approximate surface area is 114 Å². The van der Waals surface area contributed by atoms with E-state index in [2.05, 4.69) is 20.0 Å². The quantitative estimate of drug-likeness (QED) is 0.831. The molecule has 0 aliphatic rings. The number of nitrogens with zero attached hydrogens (tertiary/aromatic N) is 1. The molecule has 0 atom stereocenters. The first-order valence-corrected chi connectivity index (χ1v) is 6.03. The molecule has 106 valence electrons. The second kappa shape index (κ2) is 6.05. The predicted octanol–water partition coefficient (Wildman–Crippen LogP) is 0.539. The highest BCUT2D eigenvalue weighted by molar-refractivity contribution is 5.78. The van der Waals surface area contributed by atoms with E-state index in [1.165, 1.54) is 0 Å². The van der Waals surface area contributed by atoms with Crippen LogP contribution in [0.1, 0.15) is 17.0 Å². The van der Waals surface area contributed by atoms with E-state index < -0.39 is 5.76 Å². The van der Waals surface area contributed by atoms with Gasteiger partial charge < -0.3 is 10.1 Å². The number of carbonyl (C=O) groups excluding carboxylic acids is 1. The minimum Gasteiger partial charge on any atom is -0.497 e. The molecule has 0 saturated heterocycles. The van der Waals surface area contributed by atoms with Crippen molar-refractivity contribution in [3.63, 3.8) is 0 Å². The van der Waals surface area contributed by atoms with Crippen molar-refractivity contribution in [2.45, 2.75) is 19.9 Å². The number of carbonyl (C=O) groups is 1. The van der Waals surface area contributed by atoms with Crippen molar-refractivity contribution < 1.29 is 14.1 Å².